The van der Waals surface area contributed by atoms with Gasteiger partial charge in [0.2, 0.25) is 0 Å². The summed E-state index contributed by atoms with van der Waals surface area (Å²) in [6.45, 7) is 3.28. The molecule has 2 rings (SSSR count). The Morgan fingerprint density at radius 1 is 1.45 bits per heavy atom. The number of rotatable bonds is 5. The summed E-state index contributed by atoms with van der Waals surface area (Å²) in [6, 6.07) is 3.42. The van der Waals surface area contributed by atoms with Crippen LogP contribution < -0.4 is 0 Å². The second-order valence-electron chi connectivity index (χ2n) is 4.77. The predicted octanol–water partition coefficient (Wildman–Crippen LogP) is 0.236. The molecule has 110 valence electrons. The average Bonchev–Trinajstić information content (AvgIpc) is 2.53. The van der Waals surface area contributed by atoms with Crippen LogP contribution in [0.3, 0.4) is 0 Å². The SMILES string of the molecule is COC(=O)[C@H](CN1CCOCC1)[C@H](O)c1ccncc1. The molecule has 1 saturated heterocycles. The number of ether oxygens (including phenoxy) is 2. The van der Waals surface area contributed by atoms with Crippen LogP contribution in [-0.4, -0.2) is 60.9 Å². The van der Waals surface area contributed by atoms with Gasteiger partial charge in [0.25, 0.3) is 0 Å². The second kappa shape index (κ2) is 7.33. The monoisotopic (exact) mass is 280 g/mol. The van der Waals surface area contributed by atoms with E-state index in [-0.39, 0.29) is 0 Å². The lowest BCUT2D eigenvalue weighted by molar-refractivity contribution is -0.151. The van der Waals surface area contributed by atoms with E-state index in [0.717, 1.165) is 13.1 Å². The van der Waals surface area contributed by atoms with Crippen LogP contribution in [0.1, 0.15) is 11.7 Å². The number of hydrogen-bond donors (Lipinski definition) is 1. The van der Waals surface area contributed by atoms with Crippen LogP contribution >= 0.6 is 0 Å². The Morgan fingerprint density at radius 2 is 2.10 bits per heavy atom. The first-order valence-electron chi connectivity index (χ1n) is 6.68. The summed E-state index contributed by atoms with van der Waals surface area (Å²) < 4.78 is 10.1. The van der Waals surface area contributed by atoms with E-state index in [0.29, 0.717) is 25.3 Å². The zero-order valence-corrected chi connectivity index (χ0v) is 11.6. The Balaban J connectivity index is 2.08. The number of pyridine rings is 1. The molecule has 1 aliphatic rings. The third kappa shape index (κ3) is 3.75. The quantitative estimate of drug-likeness (QED) is 0.779. The van der Waals surface area contributed by atoms with Crippen molar-refractivity contribution in [2.24, 2.45) is 5.92 Å². The van der Waals surface area contributed by atoms with E-state index in [1.54, 1.807) is 24.5 Å². The molecule has 2 heterocycles. The van der Waals surface area contributed by atoms with Crippen LogP contribution in [0.4, 0.5) is 0 Å². The van der Waals surface area contributed by atoms with Gasteiger partial charge < -0.3 is 14.6 Å². The van der Waals surface area contributed by atoms with Gasteiger partial charge >= 0.3 is 5.97 Å². The minimum Gasteiger partial charge on any atom is -0.469 e. The minimum absolute atomic E-state index is 0.402. The summed E-state index contributed by atoms with van der Waals surface area (Å²) in [4.78, 5) is 18.0. The fraction of sp³-hybridized carbons (Fsp3) is 0.571. The highest BCUT2D eigenvalue weighted by atomic mass is 16.5. The van der Waals surface area contributed by atoms with Gasteiger partial charge in [-0.3, -0.25) is 14.7 Å². The first-order chi connectivity index (χ1) is 9.72. The summed E-state index contributed by atoms with van der Waals surface area (Å²) in [7, 11) is 1.34. The Bertz CT molecular complexity index is 420. The maximum atomic E-state index is 11.9. The van der Waals surface area contributed by atoms with Crippen LogP contribution in [0, 0.1) is 5.92 Å². The third-order valence-corrected chi connectivity index (χ3v) is 3.49. The van der Waals surface area contributed by atoms with Gasteiger partial charge in [-0.2, -0.15) is 0 Å². The zero-order valence-electron chi connectivity index (χ0n) is 11.6. The molecular weight excluding hydrogens is 260 g/mol. The van der Waals surface area contributed by atoms with Crippen molar-refractivity contribution in [2.45, 2.75) is 6.10 Å². The number of nitrogens with zero attached hydrogens (tertiary/aromatic N) is 2. The molecule has 0 radical (unpaired) electrons. The van der Waals surface area contributed by atoms with Gasteiger partial charge in [-0.1, -0.05) is 0 Å². The van der Waals surface area contributed by atoms with Gasteiger partial charge in [0, 0.05) is 32.0 Å². The van der Waals surface area contributed by atoms with E-state index in [1.807, 2.05) is 0 Å². The molecule has 0 bridgehead atoms. The number of aromatic nitrogens is 1. The molecule has 20 heavy (non-hydrogen) atoms. The van der Waals surface area contributed by atoms with Crippen LogP contribution in [-0.2, 0) is 14.3 Å². The molecule has 0 aromatic carbocycles. The summed E-state index contributed by atoms with van der Waals surface area (Å²) in [5.41, 5.74) is 0.670. The number of hydrogen-bond acceptors (Lipinski definition) is 6. The lowest BCUT2D eigenvalue weighted by Gasteiger charge is -2.31. The van der Waals surface area contributed by atoms with Gasteiger partial charge in [-0.15, -0.1) is 0 Å². The van der Waals surface area contributed by atoms with Crippen LogP contribution in [0.2, 0.25) is 0 Å². The van der Waals surface area contributed by atoms with Crippen molar-refractivity contribution in [1.29, 1.82) is 0 Å². The molecule has 6 nitrogen and oxygen atoms in total. The van der Waals surface area contributed by atoms with E-state index >= 15 is 0 Å². The van der Waals surface area contributed by atoms with E-state index in [1.165, 1.54) is 7.11 Å². The lowest BCUT2D eigenvalue weighted by atomic mass is 9.95. The Kier molecular flexibility index (Phi) is 5.46. The number of carbonyl (C=O) groups is 1. The van der Waals surface area contributed by atoms with Crippen LogP contribution in [0.15, 0.2) is 24.5 Å². The molecule has 0 unspecified atom stereocenters. The second-order valence-corrected chi connectivity index (χ2v) is 4.77. The topological polar surface area (TPSA) is 71.9 Å². The first kappa shape index (κ1) is 14.9. The van der Waals surface area contributed by atoms with E-state index in [2.05, 4.69) is 9.88 Å². The van der Waals surface area contributed by atoms with E-state index in [4.69, 9.17) is 9.47 Å². The number of aliphatic hydroxyl groups is 1. The largest absolute Gasteiger partial charge is 0.469 e. The van der Waals surface area contributed by atoms with E-state index in [9.17, 15) is 9.90 Å². The van der Waals surface area contributed by atoms with Crippen molar-refractivity contribution >= 4 is 5.97 Å². The fourth-order valence-corrected chi connectivity index (χ4v) is 2.31. The molecule has 0 amide bonds. The van der Waals surface area contributed by atoms with Crippen molar-refractivity contribution in [3.8, 4) is 0 Å². The third-order valence-electron chi connectivity index (χ3n) is 3.49. The molecule has 6 heteroatoms. The number of methoxy groups -OCH3 is 1. The average molecular weight is 280 g/mol. The van der Waals surface area contributed by atoms with Gasteiger partial charge in [-0.05, 0) is 17.7 Å². The molecule has 1 aliphatic heterocycles. The predicted molar refractivity (Wildman–Crippen MR) is 72.0 cm³/mol. The summed E-state index contributed by atoms with van der Waals surface area (Å²) in [5.74, 6) is -1.01. The molecule has 0 aliphatic carbocycles. The van der Waals surface area contributed by atoms with Crippen molar-refractivity contribution in [3.63, 3.8) is 0 Å². The van der Waals surface area contributed by atoms with Gasteiger partial charge in [-0.25, -0.2) is 0 Å². The van der Waals surface area contributed by atoms with Crippen molar-refractivity contribution in [2.75, 3.05) is 40.0 Å². The highest BCUT2D eigenvalue weighted by Crippen LogP contribution is 2.24. The van der Waals surface area contributed by atoms with Crippen molar-refractivity contribution in [1.82, 2.24) is 9.88 Å². The molecule has 2 atom stereocenters. The van der Waals surface area contributed by atoms with Crippen LogP contribution in [0.25, 0.3) is 0 Å². The molecule has 1 aromatic heterocycles. The molecule has 1 fully saturated rings. The summed E-state index contributed by atoms with van der Waals surface area (Å²) in [5, 5.41) is 10.4. The standard InChI is InChI=1S/C14H20N2O4/c1-19-14(18)12(10-16-6-8-20-9-7-16)13(17)11-2-4-15-5-3-11/h2-5,12-13,17H,6-10H2,1H3/t12-,13-/m1/s1. The lowest BCUT2D eigenvalue weighted by Crippen LogP contribution is -2.43. The molecule has 1 aromatic rings. The number of carbonyl (C=O) groups excluding carboxylic acids is 1. The summed E-state index contributed by atoms with van der Waals surface area (Å²) >= 11 is 0. The Morgan fingerprint density at radius 3 is 2.70 bits per heavy atom. The first-order valence-corrected chi connectivity index (χ1v) is 6.68. The van der Waals surface area contributed by atoms with Crippen LogP contribution in [0.5, 0.6) is 0 Å². The number of morpholine rings is 1. The number of esters is 1. The van der Waals surface area contributed by atoms with E-state index < -0.39 is 18.0 Å². The normalized spacial score (nSPS) is 19.3. The highest BCUT2D eigenvalue weighted by molar-refractivity contribution is 5.73. The molecular formula is C14H20N2O4. The molecule has 0 spiro atoms. The van der Waals surface area contributed by atoms with Gasteiger partial charge in [0.1, 0.15) is 0 Å². The van der Waals surface area contributed by atoms with Gasteiger partial charge in [0.15, 0.2) is 0 Å². The van der Waals surface area contributed by atoms with Crippen molar-refractivity contribution < 1.29 is 19.4 Å². The maximum absolute atomic E-state index is 11.9. The Labute approximate surface area is 118 Å². The Hall–Kier alpha value is -1.50. The fourth-order valence-electron chi connectivity index (χ4n) is 2.31. The smallest absolute Gasteiger partial charge is 0.312 e. The maximum Gasteiger partial charge on any atom is 0.312 e. The summed E-state index contributed by atoms with van der Waals surface area (Å²) in [6.07, 6.45) is 2.30. The molecule has 1 N–H and O–H groups in total. The molecule has 0 saturated carbocycles. The minimum atomic E-state index is -0.895. The van der Waals surface area contributed by atoms with Gasteiger partial charge in [0.05, 0.1) is 32.3 Å². The van der Waals surface area contributed by atoms with Crippen molar-refractivity contribution in [3.05, 3.63) is 30.1 Å². The zero-order chi connectivity index (χ0) is 14.4. The highest BCUT2D eigenvalue weighted by Gasteiger charge is 2.31. The number of aliphatic hydroxyl groups excluding tert-OH is 1.